The molecule has 6 heteroatoms. The maximum Gasteiger partial charge on any atom is 0.277 e. The first-order valence-corrected chi connectivity index (χ1v) is 6.60. The van der Waals surface area contributed by atoms with Crippen molar-refractivity contribution >= 4 is 17.3 Å². The number of fused-ring (bicyclic) bond motifs is 1. The second-order valence-electron chi connectivity index (χ2n) is 5.01. The fourth-order valence-electron chi connectivity index (χ4n) is 2.65. The second-order valence-corrected chi connectivity index (χ2v) is 5.01. The molecule has 106 valence electrons. The second kappa shape index (κ2) is 4.97. The molecule has 3 rings (SSSR count). The molecule has 1 aromatic heterocycles. The number of rotatable bonds is 2. The van der Waals surface area contributed by atoms with E-state index in [-0.39, 0.29) is 17.6 Å². The van der Waals surface area contributed by atoms with Gasteiger partial charge in [-0.1, -0.05) is 6.07 Å². The standard InChI is InChI=1S/C15H13N3O3/c1-10-8-11-9-12(18(20)21)5-6-14(11)17(10)15(19)13-4-2-3-7-16-13/h2-7,9-10H,8H2,1H3. The van der Waals surface area contributed by atoms with Crippen LogP contribution in [-0.2, 0) is 6.42 Å². The van der Waals surface area contributed by atoms with E-state index >= 15 is 0 Å². The van der Waals surface area contributed by atoms with Crippen molar-refractivity contribution in [3.8, 4) is 0 Å². The van der Waals surface area contributed by atoms with E-state index in [0.29, 0.717) is 12.1 Å². The molecule has 0 aliphatic carbocycles. The highest BCUT2D eigenvalue weighted by Gasteiger charge is 2.33. The molecule has 0 fully saturated rings. The Morgan fingerprint density at radius 3 is 2.86 bits per heavy atom. The fraction of sp³-hybridized carbons (Fsp3) is 0.200. The molecule has 1 aliphatic rings. The highest BCUT2D eigenvalue weighted by atomic mass is 16.6. The third kappa shape index (κ3) is 2.24. The number of hydrogen-bond acceptors (Lipinski definition) is 4. The van der Waals surface area contributed by atoms with E-state index in [9.17, 15) is 14.9 Å². The lowest BCUT2D eigenvalue weighted by Crippen LogP contribution is -2.36. The summed E-state index contributed by atoms with van der Waals surface area (Å²) in [4.78, 5) is 28.7. The van der Waals surface area contributed by atoms with Gasteiger partial charge in [-0.05, 0) is 37.1 Å². The van der Waals surface area contributed by atoms with Gasteiger partial charge in [0.25, 0.3) is 11.6 Å². The first-order valence-electron chi connectivity index (χ1n) is 6.60. The molecular weight excluding hydrogens is 270 g/mol. The van der Waals surface area contributed by atoms with Crippen molar-refractivity contribution in [2.24, 2.45) is 0 Å². The lowest BCUT2D eigenvalue weighted by Gasteiger charge is -2.22. The number of amides is 1. The van der Waals surface area contributed by atoms with Crippen LogP contribution in [0.5, 0.6) is 0 Å². The van der Waals surface area contributed by atoms with Crippen LogP contribution in [0.2, 0.25) is 0 Å². The number of aromatic nitrogens is 1. The normalized spacial score (nSPS) is 16.6. The van der Waals surface area contributed by atoms with Crippen molar-refractivity contribution in [3.05, 3.63) is 64.0 Å². The third-order valence-electron chi connectivity index (χ3n) is 3.59. The minimum Gasteiger partial charge on any atom is -0.304 e. The van der Waals surface area contributed by atoms with Crippen LogP contribution in [0.4, 0.5) is 11.4 Å². The lowest BCUT2D eigenvalue weighted by atomic mass is 10.1. The quantitative estimate of drug-likeness (QED) is 0.627. The Bertz CT molecular complexity index is 715. The number of carbonyl (C=O) groups is 1. The number of nitro benzene ring substituents is 1. The number of hydrogen-bond donors (Lipinski definition) is 0. The summed E-state index contributed by atoms with van der Waals surface area (Å²) in [5.74, 6) is -0.185. The molecule has 1 aliphatic heterocycles. The minimum atomic E-state index is -0.422. The van der Waals surface area contributed by atoms with Crippen LogP contribution in [0.1, 0.15) is 23.0 Å². The summed E-state index contributed by atoms with van der Waals surface area (Å²) in [5.41, 5.74) is 1.97. The number of non-ortho nitro benzene ring substituents is 1. The largest absolute Gasteiger partial charge is 0.304 e. The van der Waals surface area contributed by atoms with E-state index < -0.39 is 4.92 Å². The van der Waals surface area contributed by atoms with E-state index in [2.05, 4.69) is 4.98 Å². The van der Waals surface area contributed by atoms with Gasteiger partial charge >= 0.3 is 0 Å². The van der Waals surface area contributed by atoms with Gasteiger partial charge in [0, 0.05) is 30.1 Å². The Morgan fingerprint density at radius 2 is 2.19 bits per heavy atom. The number of benzene rings is 1. The van der Waals surface area contributed by atoms with Crippen LogP contribution in [0.15, 0.2) is 42.6 Å². The van der Waals surface area contributed by atoms with E-state index in [4.69, 9.17) is 0 Å². The number of nitrogens with zero attached hydrogens (tertiary/aromatic N) is 3. The molecule has 0 saturated heterocycles. The molecule has 0 saturated carbocycles. The van der Waals surface area contributed by atoms with Gasteiger partial charge in [0.15, 0.2) is 0 Å². The predicted octanol–water partition coefficient (Wildman–Crippen LogP) is 2.58. The summed E-state index contributed by atoms with van der Waals surface area (Å²) in [5, 5.41) is 10.8. The van der Waals surface area contributed by atoms with Gasteiger partial charge in [-0.25, -0.2) is 0 Å². The summed E-state index contributed by atoms with van der Waals surface area (Å²) < 4.78 is 0. The summed E-state index contributed by atoms with van der Waals surface area (Å²) >= 11 is 0. The average Bonchev–Trinajstić information content (AvgIpc) is 2.82. The fourth-order valence-corrected chi connectivity index (χ4v) is 2.65. The zero-order chi connectivity index (χ0) is 15.0. The molecule has 0 radical (unpaired) electrons. The van der Waals surface area contributed by atoms with Crippen molar-refractivity contribution in [1.29, 1.82) is 0 Å². The van der Waals surface area contributed by atoms with Crippen LogP contribution >= 0.6 is 0 Å². The van der Waals surface area contributed by atoms with Gasteiger partial charge < -0.3 is 4.90 Å². The third-order valence-corrected chi connectivity index (χ3v) is 3.59. The van der Waals surface area contributed by atoms with Crippen molar-refractivity contribution in [1.82, 2.24) is 4.98 Å². The molecule has 6 nitrogen and oxygen atoms in total. The summed E-state index contributed by atoms with van der Waals surface area (Å²) in [6, 6.07) is 9.74. The van der Waals surface area contributed by atoms with E-state index in [1.165, 1.54) is 12.1 Å². The zero-order valence-electron chi connectivity index (χ0n) is 11.4. The highest BCUT2D eigenvalue weighted by Crippen LogP contribution is 2.35. The van der Waals surface area contributed by atoms with Crippen LogP contribution in [0.3, 0.4) is 0 Å². The van der Waals surface area contributed by atoms with Crippen molar-refractivity contribution < 1.29 is 9.72 Å². The lowest BCUT2D eigenvalue weighted by molar-refractivity contribution is -0.384. The molecule has 21 heavy (non-hydrogen) atoms. The summed E-state index contributed by atoms with van der Waals surface area (Å²) in [6.07, 6.45) is 2.18. The van der Waals surface area contributed by atoms with Gasteiger partial charge in [0.2, 0.25) is 0 Å². The SMILES string of the molecule is CC1Cc2cc([N+](=O)[O-])ccc2N1C(=O)c1ccccn1. The molecule has 0 bridgehead atoms. The smallest absolute Gasteiger partial charge is 0.277 e. The first kappa shape index (κ1) is 13.2. The molecule has 0 spiro atoms. The Hall–Kier alpha value is -2.76. The number of nitro groups is 1. The predicted molar refractivity (Wildman–Crippen MR) is 77.3 cm³/mol. The van der Waals surface area contributed by atoms with E-state index in [0.717, 1.165) is 11.3 Å². The zero-order valence-corrected chi connectivity index (χ0v) is 11.4. The maximum atomic E-state index is 12.6. The monoisotopic (exact) mass is 283 g/mol. The summed E-state index contributed by atoms with van der Waals surface area (Å²) in [7, 11) is 0. The van der Waals surface area contributed by atoms with Gasteiger partial charge in [0.05, 0.1) is 4.92 Å². The number of anilines is 1. The molecule has 1 aromatic carbocycles. The van der Waals surface area contributed by atoms with E-state index in [1.54, 1.807) is 35.4 Å². The van der Waals surface area contributed by atoms with Crippen molar-refractivity contribution in [2.45, 2.75) is 19.4 Å². The van der Waals surface area contributed by atoms with Crippen molar-refractivity contribution in [3.63, 3.8) is 0 Å². The van der Waals surface area contributed by atoms with Gasteiger partial charge in [0.1, 0.15) is 5.69 Å². The Labute approximate surface area is 121 Å². The van der Waals surface area contributed by atoms with Crippen molar-refractivity contribution in [2.75, 3.05) is 4.90 Å². The Kier molecular flexibility index (Phi) is 3.13. The van der Waals surface area contributed by atoms with Crippen LogP contribution in [-0.4, -0.2) is 21.9 Å². The molecule has 1 unspecified atom stereocenters. The summed E-state index contributed by atoms with van der Waals surface area (Å²) in [6.45, 7) is 1.92. The van der Waals surface area contributed by atoms with Gasteiger partial charge in [-0.2, -0.15) is 0 Å². The maximum absolute atomic E-state index is 12.6. The molecule has 1 amide bonds. The minimum absolute atomic E-state index is 0.0449. The molecule has 1 atom stereocenters. The number of pyridine rings is 1. The first-order chi connectivity index (χ1) is 10.1. The average molecular weight is 283 g/mol. The van der Waals surface area contributed by atoms with Gasteiger partial charge in [-0.15, -0.1) is 0 Å². The van der Waals surface area contributed by atoms with Crippen LogP contribution in [0, 0.1) is 10.1 Å². The highest BCUT2D eigenvalue weighted by molar-refractivity contribution is 6.06. The number of carbonyl (C=O) groups excluding carboxylic acids is 1. The topological polar surface area (TPSA) is 76.3 Å². The van der Waals surface area contributed by atoms with Crippen LogP contribution < -0.4 is 4.90 Å². The molecule has 2 heterocycles. The Morgan fingerprint density at radius 1 is 1.38 bits per heavy atom. The molecular formula is C15H13N3O3. The van der Waals surface area contributed by atoms with E-state index in [1.807, 2.05) is 6.92 Å². The van der Waals surface area contributed by atoms with Crippen LogP contribution in [0.25, 0.3) is 0 Å². The van der Waals surface area contributed by atoms with Gasteiger partial charge in [-0.3, -0.25) is 19.9 Å². The Balaban J connectivity index is 1.99. The molecule has 0 N–H and O–H groups in total. The molecule has 2 aromatic rings.